The minimum atomic E-state index is -0.271. The van der Waals surface area contributed by atoms with Crippen LogP contribution < -0.4 is 11.0 Å². The molecule has 1 saturated heterocycles. The van der Waals surface area contributed by atoms with Crippen molar-refractivity contribution in [1.82, 2.24) is 19.1 Å². The lowest BCUT2D eigenvalue weighted by Crippen LogP contribution is -2.48. The Hall–Kier alpha value is -2.16. The van der Waals surface area contributed by atoms with E-state index in [9.17, 15) is 9.90 Å². The Bertz CT molecular complexity index is 1280. The Morgan fingerprint density at radius 1 is 1.27 bits per heavy atom. The van der Waals surface area contributed by atoms with Crippen molar-refractivity contribution >= 4 is 28.7 Å². The molecule has 4 bridgehead atoms. The molecule has 4 unspecified atom stereocenters. The lowest BCUT2D eigenvalue weighted by atomic mass is 9.66. The monoisotopic (exact) mass is 469 g/mol. The van der Waals surface area contributed by atoms with Gasteiger partial charge in [0.05, 0.1) is 28.6 Å². The SMILES string of the molecule is Cn1c(=O)n(C23CC4CC(CO)(CC4C2)C3)c2nc(NC3=CC4CCOC4C=C3Cl)ncc21. The van der Waals surface area contributed by atoms with E-state index in [1.54, 1.807) is 17.8 Å². The standard InChI is InChI=1S/C24H28ClN5O3/c1-29-18-10-26-21(27-17-4-13-2-3-33-19(13)5-16(17)25)28-20(18)30(22(29)32)24-8-14-6-23(11-24,12-31)7-15(14)9-24/h4-5,10,13-15,19,31H,2-3,6-9,11-12H2,1H3,(H,26,27,28). The lowest BCUT2D eigenvalue weighted by molar-refractivity contribution is 0.0178. The predicted molar refractivity (Wildman–Crippen MR) is 124 cm³/mol. The number of anilines is 1. The molecule has 5 aliphatic carbocycles. The van der Waals surface area contributed by atoms with Gasteiger partial charge in [0.1, 0.15) is 5.52 Å². The number of hydrogen-bond acceptors (Lipinski definition) is 6. The summed E-state index contributed by atoms with van der Waals surface area (Å²) < 4.78 is 9.30. The topological polar surface area (TPSA) is 94.2 Å². The van der Waals surface area contributed by atoms with Crippen LogP contribution in [0.3, 0.4) is 0 Å². The fraction of sp³-hybridized carbons (Fsp3) is 0.625. The minimum absolute atomic E-state index is 0.0387. The van der Waals surface area contributed by atoms with Crippen LogP contribution in [0.4, 0.5) is 5.95 Å². The average molecular weight is 470 g/mol. The first-order valence-corrected chi connectivity index (χ1v) is 12.3. The van der Waals surface area contributed by atoms with Crippen molar-refractivity contribution in [2.75, 3.05) is 18.5 Å². The van der Waals surface area contributed by atoms with E-state index in [1.807, 2.05) is 10.6 Å². The van der Waals surface area contributed by atoms with E-state index in [4.69, 9.17) is 21.3 Å². The predicted octanol–water partition coefficient (Wildman–Crippen LogP) is 2.86. The molecule has 0 radical (unpaired) electrons. The molecule has 0 amide bonds. The number of hydrogen-bond donors (Lipinski definition) is 2. The molecule has 0 spiro atoms. The third-order valence-corrected chi connectivity index (χ3v) is 9.36. The molecule has 2 N–H and O–H groups in total. The van der Waals surface area contributed by atoms with Gasteiger partial charge in [-0.25, -0.2) is 9.78 Å². The van der Waals surface area contributed by atoms with E-state index in [2.05, 4.69) is 16.4 Å². The quantitative estimate of drug-likeness (QED) is 0.715. The molecule has 4 saturated carbocycles. The summed E-state index contributed by atoms with van der Waals surface area (Å²) in [6, 6.07) is 0. The summed E-state index contributed by atoms with van der Waals surface area (Å²) in [5.74, 6) is 1.91. The van der Waals surface area contributed by atoms with Crippen LogP contribution in [-0.2, 0) is 17.3 Å². The molecule has 2 aromatic heterocycles. The molecule has 33 heavy (non-hydrogen) atoms. The summed E-state index contributed by atoms with van der Waals surface area (Å²) in [4.78, 5) is 22.8. The van der Waals surface area contributed by atoms with E-state index < -0.39 is 0 Å². The highest BCUT2D eigenvalue weighted by Gasteiger charge is 2.63. The third-order valence-electron chi connectivity index (χ3n) is 9.04. The molecule has 5 fully saturated rings. The molecule has 0 aromatic carbocycles. The Labute approximate surface area is 196 Å². The Balaban J connectivity index is 1.30. The number of halogens is 1. The molecule has 8 nitrogen and oxygen atoms in total. The van der Waals surface area contributed by atoms with E-state index in [0.717, 1.165) is 56.3 Å². The number of allylic oxidation sites excluding steroid dienone is 1. The number of nitrogens with one attached hydrogen (secondary N) is 1. The van der Waals surface area contributed by atoms with Crippen molar-refractivity contribution < 1.29 is 9.84 Å². The van der Waals surface area contributed by atoms with Gasteiger partial charge in [-0.1, -0.05) is 17.7 Å². The number of rotatable bonds is 4. The van der Waals surface area contributed by atoms with Crippen molar-refractivity contribution in [2.24, 2.45) is 30.2 Å². The zero-order valence-corrected chi connectivity index (χ0v) is 19.4. The van der Waals surface area contributed by atoms with E-state index in [1.165, 1.54) is 0 Å². The summed E-state index contributed by atoms with van der Waals surface area (Å²) in [5.41, 5.74) is 1.80. The number of fused-ring (bicyclic) bond motifs is 2. The molecule has 4 atom stereocenters. The van der Waals surface area contributed by atoms with Crippen LogP contribution in [0, 0.1) is 23.2 Å². The molecule has 174 valence electrons. The maximum absolute atomic E-state index is 13.5. The van der Waals surface area contributed by atoms with Gasteiger partial charge < -0.3 is 15.2 Å². The molecule has 8 rings (SSSR count). The van der Waals surface area contributed by atoms with Crippen molar-refractivity contribution in [1.29, 1.82) is 0 Å². The maximum atomic E-state index is 13.5. The Morgan fingerprint density at radius 3 is 2.82 bits per heavy atom. The zero-order valence-electron chi connectivity index (χ0n) is 18.6. The minimum Gasteiger partial charge on any atom is -0.396 e. The number of imidazole rings is 1. The van der Waals surface area contributed by atoms with Crippen molar-refractivity contribution in [2.45, 2.75) is 50.2 Å². The van der Waals surface area contributed by atoms with Gasteiger partial charge in [-0.2, -0.15) is 4.98 Å². The molecule has 3 heterocycles. The van der Waals surface area contributed by atoms with Crippen LogP contribution in [0.2, 0.25) is 0 Å². The van der Waals surface area contributed by atoms with E-state index in [-0.39, 0.29) is 29.4 Å². The highest BCUT2D eigenvalue weighted by atomic mass is 35.5. The first-order chi connectivity index (χ1) is 15.9. The number of aliphatic hydroxyl groups excluding tert-OH is 1. The highest BCUT2D eigenvalue weighted by molar-refractivity contribution is 6.32. The first-order valence-electron chi connectivity index (χ1n) is 11.9. The van der Waals surface area contributed by atoms with Crippen LogP contribution in [0.15, 0.2) is 33.9 Å². The second kappa shape index (κ2) is 6.71. The normalized spacial score (nSPS) is 38.6. The molecular formula is C24H28ClN5O3. The van der Waals surface area contributed by atoms with Gasteiger partial charge in [-0.05, 0) is 61.9 Å². The van der Waals surface area contributed by atoms with Crippen molar-refractivity contribution in [3.8, 4) is 0 Å². The number of aryl methyl sites for hydroxylation is 1. The summed E-state index contributed by atoms with van der Waals surface area (Å²) >= 11 is 6.51. The zero-order chi connectivity index (χ0) is 22.5. The fourth-order valence-electron chi connectivity index (χ4n) is 7.83. The number of ether oxygens (including phenoxy) is 1. The highest BCUT2D eigenvalue weighted by Crippen LogP contribution is 2.68. The lowest BCUT2D eigenvalue weighted by Gasteiger charge is -2.45. The molecular weight excluding hydrogens is 442 g/mol. The largest absolute Gasteiger partial charge is 0.396 e. The summed E-state index contributed by atoms with van der Waals surface area (Å²) in [6.45, 7) is 0.936. The van der Waals surface area contributed by atoms with Gasteiger partial charge in [-0.15, -0.1) is 0 Å². The van der Waals surface area contributed by atoms with Gasteiger partial charge >= 0.3 is 5.69 Å². The molecule has 9 heteroatoms. The Morgan fingerprint density at radius 2 is 2.06 bits per heavy atom. The second-order valence-corrected chi connectivity index (χ2v) is 11.4. The van der Waals surface area contributed by atoms with Gasteiger partial charge in [0.15, 0.2) is 5.65 Å². The number of aromatic nitrogens is 4. The summed E-state index contributed by atoms with van der Waals surface area (Å²) in [5, 5.41) is 14.1. The van der Waals surface area contributed by atoms with Gasteiger partial charge in [0, 0.05) is 26.2 Å². The van der Waals surface area contributed by atoms with Gasteiger partial charge in [0.2, 0.25) is 5.95 Å². The van der Waals surface area contributed by atoms with Gasteiger partial charge in [0.25, 0.3) is 0 Å². The van der Waals surface area contributed by atoms with Crippen LogP contribution in [0.25, 0.3) is 11.2 Å². The first kappa shape index (κ1) is 20.2. The molecule has 2 aromatic rings. The number of aliphatic hydroxyl groups is 1. The Kier molecular flexibility index (Phi) is 4.11. The van der Waals surface area contributed by atoms with E-state index in [0.29, 0.717) is 34.4 Å². The second-order valence-electron chi connectivity index (χ2n) is 11.0. The van der Waals surface area contributed by atoms with Crippen molar-refractivity contribution in [3.63, 3.8) is 0 Å². The van der Waals surface area contributed by atoms with Crippen molar-refractivity contribution in [3.05, 3.63) is 39.6 Å². The van der Waals surface area contributed by atoms with E-state index >= 15 is 0 Å². The van der Waals surface area contributed by atoms with Gasteiger partial charge in [-0.3, -0.25) is 9.13 Å². The molecule has 6 aliphatic rings. The maximum Gasteiger partial charge on any atom is 0.330 e. The molecule has 1 aliphatic heterocycles. The summed E-state index contributed by atoms with van der Waals surface area (Å²) in [6.07, 6.45) is 11.8. The smallest absolute Gasteiger partial charge is 0.330 e. The van der Waals surface area contributed by atoms with Crippen LogP contribution in [0.5, 0.6) is 0 Å². The average Bonchev–Trinajstić information content (AvgIpc) is 3.48. The third kappa shape index (κ3) is 2.74. The van der Waals surface area contributed by atoms with Crippen LogP contribution in [0.1, 0.15) is 38.5 Å². The van der Waals surface area contributed by atoms with Crippen LogP contribution in [-0.4, -0.2) is 43.5 Å². The number of nitrogens with zero attached hydrogens (tertiary/aromatic N) is 4. The fourth-order valence-corrected chi connectivity index (χ4v) is 8.06. The van der Waals surface area contributed by atoms with Crippen LogP contribution >= 0.6 is 11.6 Å². The summed E-state index contributed by atoms with van der Waals surface area (Å²) in [7, 11) is 1.79.